The van der Waals surface area contributed by atoms with Gasteiger partial charge >= 0.3 is 0 Å². The van der Waals surface area contributed by atoms with Crippen molar-refractivity contribution in [3.63, 3.8) is 0 Å². The molecule has 24 heavy (non-hydrogen) atoms. The van der Waals surface area contributed by atoms with E-state index in [1.807, 2.05) is 28.8 Å². The molecule has 2 aromatic rings. The molecular weight excluding hydrogens is 458 g/mol. The van der Waals surface area contributed by atoms with Crippen molar-refractivity contribution in [3.05, 3.63) is 63.9 Å². The Hall–Kier alpha value is -0.850. The Morgan fingerprint density at radius 3 is 2.75 bits per heavy atom. The largest absolute Gasteiger partial charge is 1.00 e. The van der Waals surface area contributed by atoms with Crippen LogP contribution in [0.25, 0.3) is 0 Å². The summed E-state index contributed by atoms with van der Waals surface area (Å²) < 4.78 is 2.02. The van der Waals surface area contributed by atoms with Crippen molar-refractivity contribution >= 4 is 29.1 Å². The van der Waals surface area contributed by atoms with E-state index in [2.05, 4.69) is 12.3 Å². The molecule has 128 valence electrons. The number of aromatic nitrogens is 1. The highest BCUT2D eigenvalue weighted by molar-refractivity contribution is 6.36. The molecule has 3 rings (SSSR count). The molecular formula is C18H19Cl2IN2O. The van der Waals surface area contributed by atoms with Gasteiger partial charge in [0, 0.05) is 23.2 Å². The SMILES string of the molecule is C[n+]1cccc(C2CCCCN2C(=O)c2ccc(Cl)cc2Cl)c1.[I-]. The van der Waals surface area contributed by atoms with Crippen molar-refractivity contribution in [1.29, 1.82) is 0 Å². The highest BCUT2D eigenvalue weighted by Gasteiger charge is 2.30. The van der Waals surface area contributed by atoms with E-state index < -0.39 is 0 Å². The van der Waals surface area contributed by atoms with Crippen molar-refractivity contribution in [2.75, 3.05) is 6.54 Å². The number of benzene rings is 1. The minimum atomic E-state index is -0.0251. The average Bonchev–Trinajstić information content (AvgIpc) is 2.54. The first kappa shape index (κ1) is 19.5. The molecule has 1 atom stereocenters. The first-order valence-electron chi connectivity index (χ1n) is 7.77. The number of carbonyl (C=O) groups is 1. The number of halogens is 3. The molecule has 0 spiro atoms. The van der Waals surface area contributed by atoms with Crippen LogP contribution in [-0.2, 0) is 7.05 Å². The normalized spacial score (nSPS) is 17.3. The van der Waals surface area contributed by atoms with Crippen LogP contribution in [0.15, 0.2) is 42.7 Å². The number of hydrogen-bond donors (Lipinski definition) is 0. The van der Waals surface area contributed by atoms with E-state index in [4.69, 9.17) is 23.2 Å². The number of hydrogen-bond acceptors (Lipinski definition) is 1. The molecule has 2 heterocycles. The van der Waals surface area contributed by atoms with Crippen LogP contribution in [0, 0.1) is 0 Å². The third kappa shape index (κ3) is 4.21. The molecule has 0 radical (unpaired) electrons. The molecule has 1 aromatic carbocycles. The van der Waals surface area contributed by atoms with Gasteiger partial charge in [0.1, 0.15) is 7.05 Å². The first-order chi connectivity index (χ1) is 11.1. The lowest BCUT2D eigenvalue weighted by atomic mass is 9.95. The quantitative estimate of drug-likeness (QED) is 0.472. The summed E-state index contributed by atoms with van der Waals surface area (Å²) in [5, 5.41) is 0.947. The van der Waals surface area contributed by atoms with Crippen LogP contribution < -0.4 is 28.5 Å². The third-order valence-corrected chi connectivity index (χ3v) is 4.82. The fourth-order valence-electron chi connectivity index (χ4n) is 3.15. The molecule has 1 unspecified atom stereocenters. The molecule has 1 aliphatic heterocycles. The third-order valence-electron chi connectivity index (χ3n) is 4.27. The highest BCUT2D eigenvalue weighted by Crippen LogP contribution is 2.33. The number of carbonyl (C=O) groups excluding carboxylic acids is 1. The maximum absolute atomic E-state index is 13.0. The van der Waals surface area contributed by atoms with E-state index in [0.717, 1.165) is 31.4 Å². The summed E-state index contributed by atoms with van der Waals surface area (Å²) in [4.78, 5) is 14.9. The molecule has 3 nitrogen and oxygen atoms in total. The molecule has 6 heteroatoms. The fourth-order valence-corrected chi connectivity index (χ4v) is 3.64. The van der Waals surface area contributed by atoms with Crippen molar-refractivity contribution in [3.8, 4) is 0 Å². The fraction of sp³-hybridized carbons (Fsp3) is 0.333. The van der Waals surface area contributed by atoms with Crippen molar-refractivity contribution in [2.45, 2.75) is 25.3 Å². The van der Waals surface area contributed by atoms with E-state index >= 15 is 0 Å². The molecule has 1 amide bonds. The summed E-state index contributed by atoms with van der Waals surface area (Å²) in [6.07, 6.45) is 7.20. The lowest BCUT2D eigenvalue weighted by Gasteiger charge is -2.35. The standard InChI is InChI=1S/C18H19Cl2N2O.HI/c1-21-9-4-5-13(12-21)17-6-2-3-10-22(17)18(23)15-8-7-14(19)11-16(15)20;/h4-5,7-9,11-12,17H,2-3,6,10H2,1H3;1H/q+1;/p-1. The zero-order valence-corrected chi connectivity index (χ0v) is 17.1. The van der Waals surface area contributed by atoms with Crippen LogP contribution in [0.1, 0.15) is 41.2 Å². The van der Waals surface area contributed by atoms with Gasteiger partial charge < -0.3 is 28.9 Å². The Bertz CT molecular complexity index is 739. The van der Waals surface area contributed by atoms with Crippen molar-refractivity contribution in [2.24, 2.45) is 7.05 Å². The van der Waals surface area contributed by atoms with Gasteiger partial charge in [0.2, 0.25) is 0 Å². The minimum absolute atomic E-state index is 0. The van der Waals surface area contributed by atoms with Crippen LogP contribution in [0.4, 0.5) is 0 Å². The Balaban J connectivity index is 0.00000208. The number of pyridine rings is 1. The second-order valence-corrected chi connectivity index (χ2v) is 6.78. The lowest BCUT2D eigenvalue weighted by Crippen LogP contribution is -3.00. The zero-order valence-electron chi connectivity index (χ0n) is 13.4. The van der Waals surface area contributed by atoms with Crippen LogP contribution >= 0.6 is 23.2 Å². The molecule has 1 saturated heterocycles. The summed E-state index contributed by atoms with van der Waals surface area (Å²) >= 11 is 12.2. The van der Waals surface area contributed by atoms with Crippen molar-refractivity contribution in [1.82, 2.24) is 4.90 Å². The number of aryl methyl sites for hydroxylation is 1. The van der Waals surface area contributed by atoms with E-state index in [-0.39, 0.29) is 35.9 Å². The predicted octanol–water partition coefficient (Wildman–Crippen LogP) is 1.19. The minimum Gasteiger partial charge on any atom is -1.00 e. The smallest absolute Gasteiger partial charge is 0.255 e. The summed E-state index contributed by atoms with van der Waals surface area (Å²) in [7, 11) is 1.99. The van der Waals surface area contributed by atoms with E-state index in [9.17, 15) is 4.79 Å². The molecule has 0 saturated carbocycles. The summed E-state index contributed by atoms with van der Waals surface area (Å²) in [5.74, 6) is -0.0251. The molecule has 1 aromatic heterocycles. The zero-order chi connectivity index (χ0) is 16.4. The van der Waals surface area contributed by atoms with Gasteiger partial charge in [-0.05, 0) is 43.5 Å². The number of rotatable bonds is 2. The molecule has 0 aliphatic carbocycles. The van der Waals surface area contributed by atoms with E-state index in [1.165, 1.54) is 0 Å². The molecule has 0 N–H and O–H groups in total. The summed E-state index contributed by atoms with van der Waals surface area (Å²) in [6, 6.07) is 9.24. The lowest BCUT2D eigenvalue weighted by molar-refractivity contribution is -0.672. The number of amides is 1. The predicted molar refractivity (Wildman–Crippen MR) is 91.7 cm³/mol. The Kier molecular flexibility index (Phi) is 6.89. The van der Waals surface area contributed by atoms with E-state index in [0.29, 0.717) is 15.6 Å². The van der Waals surface area contributed by atoms with Crippen molar-refractivity contribution < 1.29 is 33.3 Å². The van der Waals surface area contributed by atoms with Gasteiger partial charge in [-0.25, -0.2) is 4.57 Å². The maximum Gasteiger partial charge on any atom is 0.255 e. The molecule has 1 fully saturated rings. The average molecular weight is 477 g/mol. The summed E-state index contributed by atoms with van der Waals surface area (Å²) in [6.45, 7) is 0.751. The second kappa shape index (κ2) is 8.50. The first-order valence-corrected chi connectivity index (χ1v) is 8.53. The van der Waals surface area contributed by atoms with Gasteiger partial charge in [-0.3, -0.25) is 4.79 Å². The van der Waals surface area contributed by atoms with Crippen LogP contribution in [0.5, 0.6) is 0 Å². The Morgan fingerprint density at radius 2 is 2.04 bits per heavy atom. The van der Waals surface area contributed by atoms with Crippen LogP contribution in [0.3, 0.4) is 0 Å². The topological polar surface area (TPSA) is 24.2 Å². The molecule has 0 bridgehead atoms. The number of piperidine rings is 1. The van der Waals surface area contributed by atoms with Crippen LogP contribution in [0.2, 0.25) is 10.0 Å². The van der Waals surface area contributed by atoms with Gasteiger partial charge in [-0.15, -0.1) is 0 Å². The number of likely N-dealkylation sites (tertiary alicyclic amines) is 1. The van der Waals surface area contributed by atoms with Gasteiger partial charge in [-0.1, -0.05) is 23.2 Å². The van der Waals surface area contributed by atoms with Gasteiger partial charge in [0.05, 0.1) is 16.6 Å². The van der Waals surface area contributed by atoms with Gasteiger partial charge in [0.25, 0.3) is 5.91 Å². The highest BCUT2D eigenvalue weighted by atomic mass is 127. The van der Waals surface area contributed by atoms with Gasteiger partial charge in [0.15, 0.2) is 12.4 Å². The Morgan fingerprint density at radius 1 is 1.25 bits per heavy atom. The maximum atomic E-state index is 13.0. The summed E-state index contributed by atoms with van der Waals surface area (Å²) in [5.41, 5.74) is 1.68. The van der Waals surface area contributed by atoms with E-state index in [1.54, 1.807) is 18.2 Å². The monoisotopic (exact) mass is 476 g/mol. The van der Waals surface area contributed by atoms with Gasteiger partial charge in [-0.2, -0.15) is 0 Å². The molecule has 1 aliphatic rings. The number of nitrogens with zero attached hydrogens (tertiary/aromatic N) is 2. The van der Waals surface area contributed by atoms with Crippen LogP contribution in [-0.4, -0.2) is 17.4 Å². The Labute approximate surface area is 169 Å². The second-order valence-electron chi connectivity index (χ2n) is 5.94.